The van der Waals surface area contributed by atoms with Gasteiger partial charge in [-0.2, -0.15) is 5.06 Å². The van der Waals surface area contributed by atoms with Crippen molar-refractivity contribution in [2.24, 2.45) is 0 Å². The van der Waals surface area contributed by atoms with Gasteiger partial charge in [-0.3, -0.25) is 9.63 Å². The fraction of sp³-hybridized carbons (Fsp3) is 0.417. The quantitative estimate of drug-likeness (QED) is 0.773. The summed E-state index contributed by atoms with van der Waals surface area (Å²) in [5, 5.41) is 4.53. The van der Waals surface area contributed by atoms with Crippen LogP contribution in [0.4, 0.5) is 11.4 Å². The third-order valence-corrected chi connectivity index (χ3v) is 2.75. The fourth-order valence-corrected chi connectivity index (χ4v) is 1.77. The Balaban J connectivity index is 1.96. The molecule has 3 N–H and O–H groups in total. The summed E-state index contributed by atoms with van der Waals surface area (Å²) >= 11 is 0. The van der Waals surface area contributed by atoms with Gasteiger partial charge >= 0.3 is 0 Å². The lowest BCUT2D eigenvalue weighted by Crippen LogP contribution is -2.39. The van der Waals surface area contributed by atoms with E-state index < -0.39 is 0 Å². The van der Waals surface area contributed by atoms with Crippen LogP contribution < -0.4 is 11.1 Å². The number of hydrogen-bond acceptors (Lipinski definition) is 4. The number of nitrogens with two attached hydrogens (primary N) is 1. The Morgan fingerprint density at radius 3 is 3.06 bits per heavy atom. The monoisotopic (exact) mass is 235 g/mol. The van der Waals surface area contributed by atoms with Gasteiger partial charge in [0, 0.05) is 17.9 Å². The fourth-order valence-electron chi connectivity index (χ4n) is 1.77. The highest BCUT2D eigenvalue weighted by atomic mass is 16.7. The van der Waals surface area contributed by atoms with Crippen molar-refractivity contribution in [3.63, 3.8) is 0 Å². The summed E-state index contributed by atoms with van der Waals surface area (Å²) in [6.45, 7) is 3.31. The molecule has 1 fully saturated rings. The van der Waals surface area contributed by atoms with Gasteiger partial charge in [0.15, 0.2) is 0 Å². The van der Waals surface area contributed by atoms with Crippen LogP contribution in [0.25, 0.3) is 0 Å². The van der Waals surface area contributed by atoms with Crippen molar-refractivity contribution in [2.45, 2.75) is 19.4 Å². The van der Waals surface area contributed by atoms with Gasteiger partial charge in [0.05, 0.1) is 6.61 Å². The first kappa shape index (κ1) is 11.9. The van der Waals surface area contributed by atoms with Crippen molar-refractivity contribution in [1.29, 1.82) is 0 Å². The molecule has 92 valence electrons. The van der Waals surface area contributed by atoms with Gasteiger partial charge < -0.3 is 11.1 Å². The molecule has 5 nitrogen and oxygen atoms in total. The summed E-state index contributed by atoms with van der Waals surface area (Å²) in [7, 11) is 0. The molecule has 0 saturated carbocycles. The molecular formula is C12H17N3O2. The molecule has 1 aromatic carbocycles. The number of amides is 1. The Kier molecular flexibility index (Phi) is 3.61. The zero-order valence-electron chi connectivity index (χ0n) is 9.85. The number of benzene rings is 1. The van der Waals surface area contributed by atoms with E-state index in [1.54, 1.807) is 17.2 Å². The number of nitrogens with zero attached hydrogens (tertiary/aromatic N) is 1. The minimum Gasteiger partial charge on any atom is -0.399 e. The first-order valence-corrected chi connectivity index (χ1v) is 5.73. The highest BCUT2D eigenvalue weighted by molar-refractivity contribution is 5.94. The van der Waals surface area contributed by atoms with Crippen LogP contribution >= 0.6 is 0 Å². The Morgan fingerprint density at radius 2 is 2.41 bits per heavy atom. The molecule has 1 unspecified atom stereocenters. The molecule has 0 aromatic heterocycles. The second-order valence-electron chi connectivity index (χ2n) is 4.12. The van der Waals surface area contributed by atoms with Crippen LogP contribution in [-0.2, 0) is 9.63 Å². The van der Waals surface area contributed by atoms with Crippen LogP contribution in [0.5, 0.6) is 0 Å². The van der Waals surface area contributed by atoms with Gasteiger partial charge in [-0.1, -0.05) is 6.07 Å². The Labute approximate surface area is 100 Å². The molecule has 17 heavy (non-hydrogen) atoms. The summed E-state index contributed by atoms with van der Waals surface area (Å²) in [6, 6.07) is 6.84. The second-order valence-corrected chi connectivity index (χ2v) is 4.12. The second kappa shape index (κ2) is 5.16. The van der Waals surface area contributed by atoms with E-state index in [9.17, 15) is 4.79 Å². The largest absolute Gasteiger partial charge is 0.399 e. The predicted molar refractivity (Wildman–Crippen MR) is 66.2 cm³/mol. The number of carbonyl (C=O) groups excluding carboxylic acids is 1. The summed E-state index contributed by atoms with van der Waals surface area (Å²) in [5.41, 5.74) is 6.99. The van der Waals surface area contributed by atoms with E-state index >= 15 is 0 Å². The normalized spacial score (nSPS) is 17.9. The molecule has 0 radical (unpaired) electrons. The summed E-state index contributed by atoms with van der Waals surface area (Å²) < 4.78 is 0. The van der Waals surface area contributed by atoms with Gasteiger partial charge in [-0.05, 0) is 31.5 Å². The number of rotatable bonds is 3. The average molecular weight is 235 g/mol. The van der Waals surface area contributed by atoms with Crippen LogP contribution in [0.15, 0.2) is 24.3 Å². The average Bonchev–Trinajstić information content (AvgIpc) is 2.81. The summed E-state index contributed by atoms with van der Waals surface area (Å²) in [4.78, 5) is 17.3. The molecule has 1 atom stereocenters. The molecule has 1 amide bonds. The highest BCUT2D eigenvalue weighted by Crippen LogP contribution is 2.14. The SMILES string of the molecule is CC(C(=O)Nc1cccc(N)c1)N1CCCO1. The number of hydroxylamine groups is 2. The van der Waals surface area contributed by atoms with Crippen LogP contribution in [0.3, 0.4) is 0 Å². The third kappa shape index (κ3) is 2.95. The van der Waals surface area contributed by atoms with Gasteiger partial charge in [-0.15, -0.1) is 0 Å². The zero-order chi connectivity index (χ0) is 12.3. The van der Waals surface area contributed by atoms with Gasteiger partial charge in [0.1, 0.15) is 6.04 Å². The Bertz CT molecular complexity index is 402. The van der Waals surface area contributed by atoms with Crippen LogP contribution in [-0.4, -0.2) is 30.2 Å². The zero-order valence-corrected chi connectivity index (χ0v) is 9.85. The standard InChI is InChI=1S/C12H17N3O2/c1-9(15-6-3-7-17-15)12(16)14-11-5-2-4-10(13)8-11/h2,4-5,8-9H,3,6-7,13H2,1H3,(H,14,16). The van der Waals surface area contributed by atoms with E-state index in [4.69, 9.17) is 10.6 Å². The first-order valence-electron chi connectivity index (χ1n) is 5.73. The first-order chi connectivity index (χ1) is 8.16. The molecule has 1 saturated heterocycles. The molecule has 5 heteroatoms. The van der Waals surface area contributed by atoms with Crippen molar-refractivity contribution in [2.75, 3.05) is 24.2 Å². The Morgan fingerprint density at radius 1 is 1.59 bits per heavy atom. The van der Waals surface area contributed by atoms with Crippen molar-refractivity contribution in [1.82, 2.24) is 5.06 Å². The lowest BCUT2D eigenvalue weighted by atomic mass is 10.2. The van der Waals surface area contributed by atoms with E-state index in [-0.39, 0.29) is 11.9 Å². The van der Waals surface area contributed by atoms with E-state index in [0.717, 1.165) is 13.0 Å². The van der Waals surface area contributed by atoms with Crippen molar-refractivity contribution in [3.05, 3.63) is 24.3 Å². The summed E-state index contributed by atoms with van der Waals surface area (Å²) in [5.74, 6) is -0.0856. The molecule has 0 aliphatic carbocycles. The maximum absolute atomic E-state index is 11.9. The van der Waals surface area contributed by atoms with E-state index in [2.05, 4.69) is 5.32 Å². The Hall–Kier alpha value is -1.59. The topological polar surface area (TPSA) is 67.6 Å². The van der Waals surface area contributed by atoms with Gasteiger partial charge in [0.25, 0.3) is 0 Å². The molecule has 1 aromatic rings. The third-order valence-electron chi connectivity index (χ3n) is 2.75. The molecular weight excluding hydrogens is 218 g/mol. The minimum absolute atomic E-state index is 0.0856. The smallest absolute Gasteiger partial charge is 0.243 e. The number of anilines is 2. The van der Waals surface area contributed by atoms with Crippen molar-refractivity contribution in [3.8, 4) is 0 Å². The number of hydrogen-bond donors (Lipinski definition) is 2. The predicted octanol–water partition coefficient (Wildman–Crippen LogP) is 1.23. The van der Waals surface area contributed by atoms with Gasteiger partial charge in [0.2, 0.25) is 5.91 Å². The van der Waals surface area contributed by atoms with E-state index in [1.165, 1.54) is 0 Å². The number of carbonyl (C=O) groups is 1. The number of nitrogen functional groups attached to an aromatic ring is 1. The molecule has 0 bridgehead atoms. The molecule has 0 spiro atoms. The van der Waals surface area contributed by atoms with Crippen LogP contribution in [0.1, 0.15) is 13.3 Å². The highest BCUT2D eigenvalue weighted by Gasteiger charge is 2.25. The van der Waals surface area contributed by atoms with E-state index in [0.29, 0.717) is 18.0 Å². The van der Waals surface area contributed by atoms with Crippen molar-refractivity contribution >= 4 is 17.3 Å². The van der Waals surface area contributed by atoms with Crippen molar-refractivity contribution < 1.29 is 9.63 Å². The maximum Gasteiger partial charge on any atom is 0.243 e. The van der Waals surface area contributed by atoms with Gasteiger partial charge in [-0.25, -0.2) is 0 Å². The lowest BCUT2D eigenvalue weighted by Gasteiger charge is -2.21. The summed E-state index contributed by atoms with van der Waals surface area (Å²) in [6.07, 6.45) is 0.968. The molecule has 1 heterocycles. The van der Waals surface area contributed by atoms with E-state index in [1.807, 2.05) is 19.1 Å². The molecule has 1 aliphatic heterocycles. The van der Waals surface area contributed by atoms with Crippen LogP contribution in [0, 0.1) is 0 Å². The molecule has 2 rings (SSSR count). The number of nitrogens with one attached hydrogen (secondary N) is 1. The van der Waals surface area contributed by atoms with Crippen LogP contribution in [0.2, 0.25) is 0 Å². The molecule has 1 aliphatic rings. The maximum atomic E-state index is 11.9. The minimum atomic E-state index is -0.293. The lowest BCUT2D eigenvalue weighted by molar-refractivity contribution is -0.154.